The fourth-order valence-corrected chi connectivity index (χ4v) is 3.44. The van der Waals surface area contributed by atoms with Crippen molar-refractivity contribution < 1.29 is 18.7 Å². The van der Waals surface area contributed by atoms with Gasteiger partial charge in [-0.3, -0.25) is 4.79 Å². The zero-order valence-electron chi connectivity index (χ0n) is 15.7. The first-order valence-corrected chi connectivity index (χ1v) is 9.86. The second kappa shape index (κ2) is 9.32. The first-order valence-electron chi connectivity index (χ1n) is 8.99. The Morgan fingerprint density at radius 2 is 1.86 bits per heavy atom. The number of benzene rings is 2. The SMILES string of the molecule is CCOc1ccc(OCC)c(NC(=O)Cc2csc(-c3ccc(F)cc3)n2)c1. The summed E-state index contributed by atoms with van der Waals surface area (Å²) in [5.41, 5.74) is 2.04. The monoisotopic (exact) mass is 400 g/mol. The van der Waals surface area contributed by atoms with Crippen molar-refractivity contribution in [2.75, 3.05) is 18.5 Å². The minimum Gasteiger partial charge on any atom is -0.494 e. The topological polar surface area (TPSA) is 60.5 Å². The molecule has 0 unspecified atom stereocenters. The van der Waals surface area contributed by atoms with E-state index in [0.29, 0.717) is 36.1 Å². The van der Waals surface area contributed by atoms with Crippen LogP contribution in [0, 0.1) is 5.82 Å². The first-order chi connectivity index (χ1) is 13.6. The van der Waals surface area contributed by atoms with Crippen molar-refractivity contribution in [2.24, 2.45) is 0 Å². The average molecular weight is 400 g/mol. The number of nitrogens with one attached hydrogen (secondary N) is 1. The van der Waals surface area contributed by atoms with E-state index in [1.165, 1.54) is 23.5 Å². The van der Waals surface area contributed by atoms with E-state index >= 15 is 0 Å². The predicted octanol–water partition coefficient (Wildman–Crippen LogP) is 4.93. The molecule has 0 fully saturated rings. The molecule has 0 aliphatic rings. The number of anilines is 1. The molecule has 28 heavy (non-hydrogen) atoms. The molecule has 0 saturated heterocycles. The number of hydrogen-bond donors (Lipinski definition) is 1. The Kier molecular flexibility index (Phi) is 6.60. The third kappa shape index (κ3) is 5.07. The fourth-order valence-electron chi connectivity index (χ4n) is 2.62. The van der Waals surface area contributed by atoms with Crippen LogP contribution in [0.3, 0.4) is 0 Å². The van der Waals surface area contributed by atoms with Gasteiger partial charge in [0.25, 0.3) is 0 Å². The van der Waals surface area contributed by atoms with Crippen LogP contribution >= 0.6 is 11.3 Å². The van der Waals surface area contributed by atoms with Gasteiger partial charge in [0.2, 0.25) is 5.91 Å². The molecule has 146 valence electrons. The molecule has 2 aromatic carbocycles. The van der Waals surface area contributed by atoms with E-state index in [1.54, 1.807) is 30.3 Å². The van der Waals surface area contributed by atoms with Crippen LogP contribution < -0.4 is 14.8 Å². The third-order valence-electron chi connectivity index (χ3n) is 3.82. The summed E-state index contributed by atoms with van der Waals surface area (Å²) >= 11 is 1.42. The van der Waals surface area contributed by atoms with Crippen LogP contribution in [0.1, 0.15) is 19.5 Å². The molecule has 1 aromatic heterocycles. The highest BCUT2D eigenvalue weighted by atomic mass is 32.1. The maximum atomic E-state index is 13.1. The number of nitrogens with zero attached hydrogens (tertiary/aromatic N) is 1. The number of halogens is 1. The second-order valence-corrected chi connectivity index (χ2v) is 6.76. The molecular weight excluding hydrogens is 379 g/mol. The lowest BCUT2D eigenvalue weighted by molar-refractivity contribution is -0.115. The van der Waals surface area contributed by atoms with E-state index in [1.807, 2.05) is 19.2 Å². The van der Waals surface area contributed by atoms with Crippen molar-refractivity contribution in [2.45, 2.75) is 20.3 Å². The van der Waals surface area contributed by atoms with Crippen LogP contribution in [-0.4, -0.2) is 24.1 Å². The van der Waals surface area contributed by atoms with Crippen molar-refractivity contribution in [1.29, 1.82) is 0 Å². The smallest absolute Gasteiger partial charge is 0.230 e. The summed E-state index contributed by atoms with van der Waals surface area (Å²) in [5, 5.41) is 5.45. The Bertz CT molecular complexity index is 941. The van der Waals surface area contributed by atoms with Crippen molar-refractivity contribution >= 4 is 22.9 Å². The lowest BCUT2D eigenvalue weighted by atomic mass is 10.2. The van der Waals surface area contributed by atoms with Gasteiger partial charge in [-0.25, -0.2) is 9.37 Å². The molecular formula is C21H21FN2O3S. The van der Waals surface area contributed by atoms with Crippen molar-refractivity contribution in [3.63, 3.8) is 0 Å². The maximum absolute atomic E-state index is 13.1. The maximum Gasteiger partial charge on any atom is 0.230 e. The van der Waals surface area contributed by atoms with Crippen molar-refractivity contribution in [3.8, 4) is 22.1 Å². The number of aromatic nitrogens is 1. The van der Waals surface area contributed by atoms with Gasteiger partial charge in [-0.15, -0.1) is 11.3 Å². The van der Waals surface area contributed by atoms with Crippen LogP contribution in [0.4, 0.5) is 10.1 Å². The van der Waals surface area contributed by atoms with Gasteiger partial charge in [-0.2, -0.15) is 0 Å². The van der Waals surface area contributed by atoms with Gasteiger partial charge in [-0.05, 0) is 50.2 Å². The summed E-state index contributed by atoms with van der Waals surface area (Å²) in [7, 11) is 0. The van der Waals surface area contributed by atoms with E-state index in [-0.39, 0.29) is 18.1 Å². The minimum absolute atomic E-state index is 0.127. The van der Waals surface area contributed by atoms with Gasteiger partial charge >= 0.3 is 0 Å². The number of ether oxygens (including phenoxy) is 2. The van der Waals surface area contributed by atoms with Crippen LogP contribution in [0.25, 0.3) is 10.6 Å². The Balaban J connectivity index is 1.70. The van der Waals surface area contributed by atoms with E-state index in [2.05, 4.69) is 10.3 Å². The van der Waals surface area contributed by atoms with Crippen LogP contribution in [0.15, 0.2) is 47.8 Å². The average Bonchev–Trinajstić information content (AvgIpc) is 3.13. The molecule has 0 spiro atoms. The number of carbonyl (C=O) groups is 1. The van der Waals surface area contributed by atoms with Crippen LogP contribution in [0.2, 0.25) is 0 Å². The highest BCUT2D eigenvalue weighted by molar-refractivity contribution is 7.13. The van der Waals surface area contributed by atoms with E-state index in [9.17, 15) is 9.18 Å². The molecule has 0 radical (unpaired) electrons. The first kappa shape index (κ1) is 19.8. The minimum atomic E-state index is -0.292. The van der Waals surface area contributed by atoms with E-state index in [4.69, 9.17) is 9.47 Å². The third-order valence-corrected chi connectivity index (χ3v) is 4.76. The second-order valence-electron chi connectivity index (χ2n) is 5.90. The molecule has 0 aliphatic heterocycles. The number of thiazole rings is 1. The Hall–Kier alpha value is -2.93. The fraction of sp³-hybridized carbons (Fsp3) is 0.238. The summed E-state index contributed by atoms with van der Waals surface area (Å²) in [6.45, 7) is 4.81. The van der Waals surface area contributed by atoms with Gasteiger partial charge in [0.1, 0.15) is 22.3 Å². The molecule has 3 aromatic rings. The zero-order valence-corrected chi connectivity index (χ0v) is 16.5. The molecule has 3 rings (SSSR count). The van der Waals surface area contributed by atoms with Gasteiger partial charge < -0.3 is 14.8 Å². The molecule has 0 saturated carbocycles. The van der Waals surface area contributed by atoms with Crippen LogP contribution in [0.5, 0.6) is 11.5 Å². The Morgan fingerprint density at radius 3 is 2.57 bits per heavy atom. The summed E-state index contributed by atoms with van der Waals surface area (Å²) in [4.78, 5) is 17.0. The lowest BCUT2D eigenvalue weighted by Crippen LogP contribution is -2.15. The van der Waals surface area contributed by atoms with Gasteiger partial charge in [0, 0.05) is 17.0 Å². The number of carbonyl (C=O) groups excluding carboxylic acids is 1. The predicted molar refractivity (Wildman–Crippen MR) is 109 cm³/mol. The molecule has 1 N–H and O–H groups in total. The number of rotatable bonds is 8. The molecule has 5 nitrogen and oxygen atoms in total. The van der Waals surface area contributed by atoms with Crippen LogP contribution in [-0.2, 0) is 11.2 Å². The van der Waals surface area contributed by atoms with Gasteiger partial charge in [0.05, 0.1) is 31.0 Å². The van der Waals surface area contributed by atoms with Gasteiger partial charge in [0.15, 0.2) is 0 Å². The summed E-state index contributed by atoms with van der Waals surface area (Å²) in [6.07, 6.45) is 0.127. The largest absolute Gasteiger partial charge is 0.494 e. The molecule has 1 amide bonds. The summed E-state index contributed by atoms with van der Waals surface area (Å²) in [5.74, 6) is 0.753. The quantitative estimate of drug-likeness (QED) is 0.583. The van der Waals surface area contributed by atoms with Gasteiger partial charge in [-0.1, -0.05) is 0 Å². The Morgan fingerprint density at radius 1 is 1.11 bits per heavy atom. The van der Waals surface area contributed by atoms with Crippen molar-refractivity contribution in [3.05, 3.63) is 59.4 Å². The summed E-state index contributed by atoms with van der Waals surface area (Å²) in [6, 6.07) is 11.5. The molecule has 0 aliphatic carbocycles. The molecule has 0 atom stereocenters. The lowest BCUT2D eigenvalue weighted by Gasteiger charge is -2.13. The van der Waals surface area contributed by atoms with E-state index < -0.39 is 0 Å². The number of amides is 1. The highest BCUT2D eigenvalue weighted by Gasteiger charge is 2.13. The molecule has 0 bridgehead atoms. The number of hydrogen-bond acceptors (Lipinski definition) is 5. The van der Waals surface area contributed by atoms with Crippen molar-refractivity contribution in [1.82, 2.24) is 4.98 Å². The summed E-state index contributed by atoms with van der Waals surface area (Å²) < 4.78 is 24.1. The molecule has 1 heterocycles. The standard InChI is InChI=1S/C21H21FN2O3S/c1-3-26-17-9-10-19(27-4-2)18(12-17)24-20(25)11-16-13-28-21(23-16)14-5-7-15(22)8-6-14/h5-10,12-13H,3-4,11H2,1-2H3,(H,24,25). The Labute approximate surface area is 167 Å². The zero-order chi connectivity index (χ0) is 19.9. The normalized spacial score (nSPS) is 10.5. The highest BCUT2D eigenvalue weighted by Crippen LogP contribution is 2.30. The molecule has 7 heteroatoms. The van der Waals surface area contributed by atoms with E-state index in [0.717, 1.165) is 10.6 Å².